The van der Waals surface area contributed by atoms with Gasteiger partial charge >= 0.3 is 0 Å². The Bertz CT molecular complexity index is 1280. The van der Waals surface area contributed by atoms with Crippen LogP contribution in [0.5, 0.6) is 0 Å². The summed E-state index contributed by atoms with van der Waals surface area (Å²) in [5, 5.41) is 6.40. The summed E-state index contributed by atoms with van der Waals surface area (Å²) in [6.45, 7) is 0. The van der Waals surface area contributed by atoms with Crippen LogP contribution in [0.25, 0.3) is 22.6 Å². The van der Waals surface area contributed by atoms with E-state index in [9.17, 15) is 9.18 Å². The van der Waals surface area contributed by atoms with Gasteiger partial charge in [0.05, 0.1) is 5.02 Å². The third kappa shape index (κ3) is 4.43. The van der Waals surface area contributed by atoms with Gasteiger partial charge in [-0.1, -0.05) is 29.3 Å². The van der Waals surface area contributed by atoms with Crippen molar-refractivity contribution in [2.45, 2.75) is 0 Å². The molecule has 1 heterocycles. The van der Waals surface area contributed by atoms with Crippen LogP contribution in [0.3, 0.4) is 0 Å². The molecule has 0 atom stereocenters. The first kappa shape index (κ1) is 20.3. The number of oxazole rings is 1. The molecule has 0 saturated carbocycles. The molecule has 5 nitrogen and oxygen atoms in total. The van der Waals surface area contributed by atoms with Crippen molar-refractivity contribution >= 4 is 63.2 Å². The zero-order valence-corrected chi connectivity index (χ0v) is 17.4. The third-order valence-corrected chi connectivity index (χ3v) is 4.81. The maximum Gasteiger partial charge on any atom is 0.257 e. The van der Waals surface area contributed by atoms with Gasteiger partial charge in [-0.25, -0.2) is 9.37 Å². The molecule has 3 aromatic carbocycles. The van der Waals surface area contributed by atoms with Gasteiger partial charge in [0.2, 0.25) is 5.89 Å². The van der Waals surface area contributed by atoms with Crippen LogP contribution in [0.1, 0.15) is 10.4 Å². The summed E-state index contributed by atoms with van der Waals surface area (Å²) in [5.41, 5.74) is 2.56. The molecule has 0 bridgehead atoms. The van der Waals surface area contributed by atoms with Gasteiger partial charge in [0.15, 0.2) is 10.7 Å². The Morgan fingerprint density at radius 3 is 2.60 bits per heavy atom. The monoisotopic (exact) mass is 459 g/mol. The van der Waals surface area contributed by atoms with Crippen LogP contribution in [0, 0.1) is 5.82 Å². The lowest BCUT2D eigenvalue weighted by atomic mass is 10.2. The van der Waals surface area contributed by atoms with Crippen molar-refractivity contribution in [3.8, 4) is 11.5 Å². The molecule has 9 heteroatoms. The third-order valence-electron chi connectivity index (χ3n) is 4.11. The number of halogens is 3. The number of hydrogen-bond donors (Lipinski definition) is 2. The number of aromatic nitrogens is 1. The Labute approximate surface area is 185 Å². The van der Waals surface area contributed by atoms with E-state index in [0.717, 1.165) is 0 Å². The van der Waals surface area contributed by atoms with Crippen molar-refractivity contribution in [3.63, 3.8) is 0 Å². The lowest BCUT2D eigenvalue weighted by Gasteiger charge is -2.10. The second-order valence-corrected chi connectivity index (χ2v) is 7.50. The molecule has 0 aliphatic heterocycles. The van der Waals surface area contributed by atoms with E-state index in [-0.39, 0.29) is 10.7 Å². The molecule has 30 heavy (non-hydrogen) atoms. The summed E-state index contributed by atoms with van der Waals surface area (Å²) < 4.78 is 18.8. The fraction of sp³-hybridized carbons (Fsp3) is 0. The first-order valence-electron chi connectivity index (χ1n) is 8.63. The summed E-state index contributed by atoms with van der Waals surface area (Å²) in [6, 6.07) is 15.5. The first-order valence-corrected chi connectivity index (χ1v) is 9.79. The van der Waals surface area contributed by atoms with Crippen molar-refractivity contribution in [2.24, 2.45) is 0 Å². The zero-order valence-electron chi connectivity index (χ0n) is 15.1. The van der Waals surface area contributed by atoms with E-state index in [4.69, 9.17) is 39.8 Å². The van der Waals surface area contributed by atoms with E-state index in [2.05, 4.69) is 15.6 Å². The molecule has 0 spiro atoms. The number of nitrogens with zero attached hydrogens (tertiary/aromatic N) is 1. The number of carbonyl (C=O) groups excluding carboxylic acids is 1. The average molecular weight is 460 g/mol. The molecule has 4 rings (SSSR count). The first-order chi connectivity index (χ1) is 14.4. The van der Waals surface area contributed by atoms with Gasteiger partial charge in [0, 0.05) is 21.8 Å². The fourth-order valence-electron chi connectivity index (χ4n) is 2.75. The highest BCUT2D eigenvalue weighted by Crippen LogP contribution is 2.32. The van der Waals surface area contributed by atoms with Gasteiger partial charge < -0.3 is 9.73 Å². The van der Waals surface area contributed by atoms with Crippen molar-refractivity contribution < 1.29 is 13.6 Å². The number of hydrogen-bond acceptors (Lipinski definition) is 4. The van der Waals surface area contributed by atoms with Crippen molar-refractivity contribution in [3.05, 3.63) is 82.1 Å². The lowest BCUT2D eigenvalue weighted by Crippen LogP contribution is -2.34. The maximum absolute atomic E-state index is 13.0. The quantitative estimate of drug-likeness (QED) is 0.364. The molecular weight excluding hydrogens is 448 g/mol. The van der Waals surface area contributed by atoms with Crippen molar-refractivity contribution in [2.75, 3.05) is 5.32 Å². The minimum Gasteiger partial charge on any atom is -0.435 e. The Kier molecular flexibility index (Phi) is 5.67. The van der Waals surface area contributed by atoms with Crippen LogP contribution < -0.4 is 10.6 Å². The smallest absolute Gasteiger partial charge is 0.257 e. The SMILES string of the molecule is O=C(NC(=S)Nc1cccc(-c2nc3cc(Cl)cc(Cl)c3o2)c1)c1ccc(F)cc1. The van der Waals surface area contributed by atoms with Crippen molar-refractivity contribution in [1.82, 2.24) is 10.3 Å². The van der Waals surface area contributed by atoms with E-state index < -0.39 is 11.7 Å². The number of thiocarbonyl (C=S) groups is 1. The number of nitrogens with one attached hydrogen (secondary N) is 2. The predicted octanol–water partition coefficient (Wildman–Crippen LogP) is 6.07. The van der Waals surface area contributed by atoms with Crippen LogP contribution in [-0.2, 0) is 0 Å². The Morgan fingerprint density at radius 1 is 1.07 bits per heavy atom. The maximum atomic E-state index is 13.0. The number of benzene rings is 3. The lowest BCUT2D eigenvalue weighted by molar-refractivity contribution is 0.0977. The molecule has 1 amide bonds. The predicted molar refractivity (Wildman–Crippen MR) is 120 cm³/mol. The molecule has 1 aromatic heterocycles. The normalized spacial score (nSPS) is 10.8. The van der Waals surface area contributed by atoms with Gasteiger partial charge in [-0.05, 0) is 66.8 Å². The second-order valence-electron chi connectivity index (χ2n) is 6.25. The summed E-state index contributed by atoms with van der Waals surface area (Å²) in [5.74, 6) is -0.514. The Balaban J connectivity index is 1.51. The van der Waals surface area contributed by atoms with E-state index in [1.807, 2.05) is 6.07 Å². The molecule has 0 radical (unpaired) electrons. The summed E-state index contributed by atoms with van der Waals surface area (Å²) in [6.07, 6.45) is 0. The van der Waals surface area contributed by atoms with Gasteiger partial charge in [-0.2, -0.15) is 0 Å². The van der Waals surface area contributed by atoms with Gasteiger partial charge in [-0.15, -0.1) is 0 Å². The minimum atomic E-state index is -0.450. The minimum absolute atomic E-state index is 0.0915. The largest absolute Gasteiger partial charge is 0.435 e. The number of amides is 1. The van der Waals surface area contributed by atoms with Crippen LogP contribution in [0.4, 0.5) is 10.1 Å². The van der Waals surface area contributed by atoms with E-state index in [0.29, 0.717) is 38.3 Å². The number of rotatable bonds is 3. The Hall–Kier alpha value is -3.00. The molecule has 150 valence electrons. The van der Waals surface area contributed by atoms with Gasteiger partial charge in [0.25, 0.3) is 5.91 Å². The molecule has 4 aromatic rings. The summed E-state index contributed by atoms with van der Waals surface area (Å²) >= 11 is 17.4. The van der Waals surface area contributed by atoms with E-state index in [1.165, 1.54) is 24.3 Å². The Morgan fingerprint density at radius 2 is 1.83 bits per heavy atom. The standard InChI is InChI=1S/C21H12Cl2FN3O2S/c22-13-9-16(23)18-17(10-13)26-20(29-18)12-2-1-3-15(8-12)25-21(30)27-19(28)11-4-6-14(24)7-5-11/h1-10H,(H2,25,27,28,30). The number of carbonyl (C=O) groups is 1. The zero-order chi connectivity index (χ0) is 21.3. The van der Waals surface area contributed by atoms with Crippen LogP contribution in [0.2, 0.25) is 10.0 Å². The molecule has 2 N–H and O–H groups in total. The molecule has 0 unspecified atom stereocenters. The fourth-order valence-corrected chi connectivity index (χ4v) is 3.48. The van der Waals surface area contributed by atoms with Crippen molar-refractivity contribution in [1.29, 1.82) is 0 Å². The number of fused-ring (bicyclic) bond motifs is 1. The van der Waals surface area contributed by atoms with Gasteiger partial charge in [0.1, 0.15) is 11.3 Å². The number of anilines is 1. The highest BCUT2D eigenvalue weighted by molar-refractivity contribution is 7.80. The molecule has 0 fully saturated rings. The van der Waals surface area contributed by atoms with Gasteiger partial charge in [-0.3, -0.25) is 10.1 Å². The molecule has 0 aliphatic carbocycles. The second kappa shape index (κ2) is 8.39. The topological polar surface area (TPSA) is 67.2 Å². The van der Waals surface area contributed by atoms with E-state index in [1.54, 1.807) is 30.3 Å². The molecule has 0 saturated heterocycles. The van der Waals surface area contributed by atoms with E-state index >= 15 is 0 Å². The summed E-state index contributed by atoms with van der Waals surface area (Å²) in [7, 11) is 0. The van der Waals surface area contributed by atoms with Crippen LogP contribution in [-0.4, -0.2) is 16.0 Å². The average Bonchev–Trinajstić information content (AvgIpc) is 3.13. The van der Waals surface area contributed by atoms with Crippen LogP contribution >= 0.6 is 35.4 Å². The van der Waals surface area contributed by atoms with Crippen LogP contribution in [0.15, 0.2) is 65.1 Å². The molecular formula is C21H12Cl2FN3O2S. The highest BCUT2D eigenvalue weighted by Gasteiger charge is 2.13. The highest BCUT2D eigenvalue weighted by atomic mass is 35.5. The molecule has 0 aliphatic rings. The summed E-state index contributed by atoms with van der Waals surface area (Å²) in [4.78, 5) is 16.6.